The van der Waals surface area contributed by atoms with E-state index < -0.39 is 112 Å². The van der Waals surface area contributed by atoms with Crippen LogP contribution in [0.5, 0.6) is 0 Å². The molecule has 10 N–H and O–H groups in total. The molecule has 0 bridgehead atoms. The molecule has 3 rings (SSSR count). The van der Waals surface area contributed by atoms with Gasteiger partial charge in [0.2, 0.25) is 0 Å². The molecule has 15 atom stereocenters. The molecule has 0 radical (unpaired) electrons. The third-order valence-electron chi connectivity index (χ3n) is 7.85. The molecule has 3 aliphatic heterocycles. The van der Waals surface area contributed by atoms with Crippen LogP contribution in [-0.2, 0) is 28.4 Å². The highest BCUT2D eigenvalue weighted by molar-refractivity contribution is 4.96. The molecule has 0 aliphatic carbocycles. The minimum absolute atomic E-state index is 0.259. The Balaban J connectivity index is 1.60. The Hall–Kier alpha value is -0.640. The van der Waals surface area contributed by atoms with E-state index in [1.54, 1.807) is 0 Å². The van der Waals surface area contributed by atoms with Crippen LogP contribution in [0.15, 0.2) is 0 Å². The van der Waals surface area contributed by atoms with E-state index in [0.29, 0.717) is 6.42 Å². The van der Waals surface area contributed by atoms with Gasteiger partial charge in [0, 0.05) is 6.61 Å². The van der Waals surface area contributed by atoms with Crippen molar-refractivity contribution in [3.8, 4) is 0 Å². The fraction of sp³-hybridized carbons (Fsp3) is 1.00. The molecule has 16 nitrogen and oxygen atoms in total. The third kappa shape index (κ3) is 8.54. The maximum atomic E-state index is 10.8. The Kier molecular flexibility index (Phi) is 14.6. The van der Waals surface area contributed by atoms with Crippen molar-refractivity contribution >= 4 is 0 Å². The first-order chi connectivity index (χ1) is 20.1. The van der Waals surface area contributed by atoms with Gasteiger partial charge in [-0.05, 0) is 6.42 Å². The molecule has 42 heavy (non-hydrogen) atoms. The summed E-state index contributed by atoms with van der Waals surface area (Å²) in [4.78, 5) is 0. The number of aliphatic hydroxyl groups excluding tert-OH is 10. The van der Waals surface area contributed by atoms with Crippen molar-refractivity contribution in [2.75, 3.05) is 26.4 Å². The van der Waals surface area contributed by atoms with E-state index in [1.165, 1.54) is 0 Å². The topological polar surface area (TPSA) is 258 Å². The smallest absolute Gasteiger partial charge is 0.187 e. The molecule has 3 aliphatic rings. The van der Waals surface area contributed by atoms with Gasteiger partial charge in [-0.2, -0.15) is 0 Å². The van der Waals surface area contributed by atoms with E-state index in [2.05, 4.69) is 6.92 Å². The fourth-order valence-corrected chi connectivity index (χ4v) is 5.26. The van der Waals surface area contributed by atoms with Gasteiger partial charge in [0.25, 0.3) is 0 Å². The van der Waals surface area contributed by atoms with Crippen molar-refractivity contribution in [1.29, 1.82) is 0 Å². The summed E-state index contributed by atoms with van der Waals surface area (Å²) in [6, 6.07) is 0. The standard InChI is InChI=1S/C26H48O16/c1-2-3-4-5-6-7-8-37-24-20(35)17(32)22(13(10-28)39-24)42-26-21(36)18(33)23(14(11-29)40-26)41-25-19(34)16(31)15(30)12(9-27)38-25/h12-36H,2-11H2,1H3/t12-,13-,14-,15-,16+,17-,18-,19-,20-,21-,22-,23-,24-,25-,26-/m1/s1. The van der Waals surface area contributed by atoms with Crippen LogP contribution in [0.3, 0.4) is 0 Å². The fourth-order valence-electron chi connectivity index (χ4n) is 5.26. The summed E-state index contributed by atoms with van der Waals surface area (Å²) in [6.45, 7) is 0.191. The molecule has 0 aromatic carbocycles. The van der Waals surface area contributed by atoms with E-state index in [9.17, 15) is 51.1 Å². The number of hydrogen-bond donors (Lipinski definition) is 10. The predicted molar refractivity (Wildman–Crippen MR) is 138 cm³/mol. The molecule has 0 amide bonds. The summed E-state index contributed by atoms with van der Waals surface area (Å²) in [5.41, 5.74) is 0. The van der Waals surface area contributed by atoms with Gasteiger partial charge in [-0.3, -0.25) is 0 Å². The van der Waals surface area contributed by atoms with Gasteiger partial charge in [0.15, 0.2) is 18.9 Å². The van der Waals surface area contributed by atoms with Crippen molar-refractivity contribution < 1.29 is 79.5 Å². The predicted octanol–water partition coefficient (Wildman–Crippen LogP) is -4.19. The molecule has 0 unspecified atom stereocenters. The van der Waals surface area contributed by atoms with E-state index in [4.69, 9.17) is 28.4 Å². The second-order valence-electron chi connectivity index (χ2n) is 11.0. The Labute approximate surface area is 243 Å². The number of unbranched alkanes of at least 4 members (excludes halogenated alkanes) is 5. The highest BCUT2D eigenvalue weighted by Crippen LogP contribution is 2.32. The number of rotatable bonds is 15. The summed E-state index contributed by atoms with van der Waals surface area (Å²) >= 11 is 0. The maximum Gasteiger partial charge on any atom is 0.187 e. The Morgan fingerprint density at radius 1 is 0.476 bits per heavy atom. The number of hydrogen-bond acceptors (Lipinski definition) is 16. The first kappa shape index (κ1) is 35.8. The van der Waals surface area contributed by atoms with Gasteiger partial charge in [-0.1, -0.05) is 39.0 Å². The van der Waals surface area contributed by atoms with Gasteiger partial charge in [0.05, 0.1) is 19.8 Å². The zero-order valence-electron chi connectivity index (χ0n) is 23.7. The average Bonchev–Trinajstić information content (AvgIpc) is 2.99. The SMILES string of the molecule is CCCCCCCCO[C@@H]1O[C@H](CO)[C@@H](O[C@H]2O[C@H](CO)[C@@H](O[C@H]3O[C@H](CO)[C@@H](O)[C@H](O)[C@H]3O)[C@H](O)[C@H]2O)[C@H](O)[C@H]1O. The zero-order chi connectivity index (χ0) is 31.0. The van der Waals surface area contributed by atoms with Gasteiger partial charge in [-0.15, -0.1) is 0 Å². The summed E-state index contributed by atoms with van der Waals surface area (Å²) in [5.74, 6) is 0. The molecule has 0 aromatic rings. The molecular weight excluding hydrogens is 568 g/mol. The molecule has 0 spiro atoms. The lowest BCUT2D eigenvalue weighted by Gasteiger charge is -2.48. The van der Waals surface area contributed by atoms with Crippen LogP contribution in [0.2, 0.25) is 0 Å². The molecule has 0 aromatic heterocycles. The largest absolute Gasteiger partial charge is 0.394 e. The first-order valence-corrected chi connectivity index (χ1v) is 14.6. The average molecular weight is 617 g/mol. The Morgan fingerprint density at radius 2 is 0.905 bits per heavy atom. The maximum absolute atomic E-state index is 10.8. The molecule has 3 fully saturated rings. The molecule has 3 saturated heterocycles. The van der Waals surface area contributed by atoms with Crippen LogP contribution in [0.1, 0.15) is 45.4 Å². The van der Waals surface area contributed by atoms with Gasteiger partial charge >= 0.3 is 0 Å². The van der Waals surface area contributed by atoms with E-state index in [-0.39, 0.29) is 6.61 Å². The normalized spacial score (nSPS) is 44.8. The van der Waals surface area contributed by atoms with Crippen molar-refractivity contribution in [2.45, 2.75) is 138 Å². The third-order valence-corrected chi connectivity index (χ3v) is 7.85. The lowest BCUT2D eigenvalue weighted by Crippen LogP contribution is -2.66. The van der Waals surface area contributed by atoms with Crippen LogP contribution in [0.25, 0.3) is 0 Å². The van der Waals surface area contributed by atoms with E-state index in [0.717, 1.165) is 32.1 Å². The number of aliphatic hydroxyl groups is 10. The van der Waals surface area contributed by atoms with Crippen LogP contribution in [0, 0.1) is 0 Å². The van der Waals surface area contributed by atoms with Crippen LogP contribution < -0.4 is 0 Å². The molecule has 0 saturated carbocycles. The van der Waals surface area contributed by atoms with Gasteiger partial charge < -0.3 is 79.5 Å². The first-order valence-electron chi connectivity index (χ1n) is 14.6. The van der Waals surface area contributed by atoms with E-state index >= 15 is 0 Å². The van der Waals surface area contributed by atoms with Crippen molar-refractivity contribution in [1.82, 2.24) is 0 Å². The minimum atomic E-state index is -1.88. The molecule has 3 heterocycles. The van der Waals surface area contributed by atoms with Crippen molar-refractivity contribution in [3.63, 3.8) is 0 Å². The van der Waals surface area contributed by atoms with Crippen molar-refractivity contribution in [2.24, 2.45) is 0 Å². The highest BCUT2D eigenvalue weighted by Gasteiger charge is 2.53. The second kappa shape index (κ2) is 17.2. The number of ether oxygens (including phenoxy) is 6. The lowest BCUT2D eigenvalue weighted by atomic mass is 9.96. The Bertz CT molecular complexity index is 758. The highest BCUT2D eigenvalue weighted by atomic mass is 16.8. The van der Waals surface area contributed by atoms with Gasteiger partial charge in [-0.25, -0.2) is 0 Å². The summed E-state index contributed by atoms with van der Waals surface area (Å²) in [7, 11) is 0. The molecule has 16 heteroatoms. The monoisotopic (exact) mass is 616 g/mol. The summed E-state index contributed by atoms with van der Waals surface area (Å²) < 4.78 is 33.2. The second-order valence-corrected chi connectivity index (χ2v) is 11.0. The van der Waals surface area contributed by atoms with Gasteiger partial charge in [0.1, 0.15) is 73.2 Å². The van der Waals surface area contributed by atoms with E-state index in [1.807, 2.05) is 0 Å². The lowest BCUT2D eigenvalue weighted by molar-refractivity contribution is -0.379. The van der Waals surface area contributed by atoms with Crippen LogP contribution in [0.4, 0.5) is 0 Å². The quantitative estimate of drug-likeness (QED) is 0.0783. The van der Waals surface area contributed by atoms with Crippen molar-refractivity contribution in [3.05, 3.63) is 0 Å². The van der Waals surface area contributed by atoms with Crippen LogP contribution >= 0.6 is 0 Å². The zero-order valence-corrected chi connectivity index (χ0v) is 23.7. The van der Waals surface area contributed by atoms with Crippen LogP contribution in [-0.4, -0.2) is 170 Å². The minimum Gasteiger partial charge on any atom is -0.394 e. The summed E-state index contributed by atoms with van der Waals surface area (Å²) in [5, 5.41) is 102. The summed E-state index contributed by atoms with van der Waals surface area (Å²) in [6.07, 6.45) is -17.8. The molecule has 248 valence electrons. The molecular formula is C26H48O16. The Morgan fingerprint density at radius 3 is 1.43 bits per heavy atom.